The monoisotopic (exact) mass is 340 g/mol. The van der Waals surface area contributed by atoms with Gasteiger partial charge in [-0.15, -0.1) is 0 Å². The molecule has 1 aliphatic rings. The highest BCUT2D eigenvalue weighted by Gasteiger charge is 2.30. The van der Waals surface area contributed by atoms with E-state index in [1.54, 1.807) is 20.3 Å². The summed E-state index contributed by atoms with van der Waals surface area (Å²) in [5.74, 6) is 1.53. The summed E-state index contributed by atoms with van der Waals surface area (Å²) < 4.78 is 10.7. The number of methoxy groups -OCH3 is 2. The van der Waals surface area contributed by atoms with E-state index < -0.39 is 0 Å². The summed E-state index contributed by atoms with van der Waals surface area (Å²) in [6, 6.07) is 3.66. The lowest BCUT2D eigenvalue weighted by Gasteiger charge is -2.39. The topological polar surface area (TPSA) is 42.0 Å². The van der Waals surface area contributed by atoms with E-state index in [9.17, 15) is 4.79 Å². The van der Waals surface area contributed by atoms with Crippen LogP contribution in [-0.4, -0.2) is 51.2 Å². The molecule has 0 saturated carbocycles. The van der Waals surface area contributed by atoms with Crippen LogP contribution in [0.1, 0.15) is 20.8 Å². The molecule has 0 atom stereocenters. The fourth-order valence-corrected chi connectivity index (χ4v) is 2.95. The number of carbonyl (C=O) groups is 1. The van der Waals surface area contributed by atoms with Gasteiger partial charge in [0.2, 0.25) is 5.91 Å². The van der Waals surface area contributed by atoms with Crippen LogP contribution in [-0.2, 0) is 4.79 Å². The lowest BCUT2D eigenvalue weighted by Crippen LogP contribution is -2.51. The zero-order chi connectivity index (χ0) is 17.2. The Morgan fingerprint density at radius 1 is 1.04 bits per heavy atom. The fourth-order valence-electron chi connectivity index (χ4n) is 2.72. The third-order valence-corrected chi connectivity index (χ3v) is 4.30. The quantitative estimate of drug-likeness (QED) is 0.848. The van der Waals surface area contributed by atoms with Crippen molar-refractivity contribution < 1.29 is 14.3 Å². The Morgan fingerprint density at radius 2 is 1.61 bits per heavy atom. The predicted molar refractivity (Wildman–Crippen MR) is 92.8 cm³/mol. The molecule has 0 N–H and O–H groups in total. The number of rotatable bonds is 3. The molecule has 0 aromatic heterocycles. The Labute approximate surface area is 143 Å². The van der Waals surface area contributed by atoms with E-state index in [-0.39, 0.29) is 11.3 Å². The zero-order valence-electron chi connectivity index (χ0n) is 14.5. The van der Waals surface area contributed by atoms with Crippen LogP contribution in [0.2, 0.25) is 5.02 Å². The predicted octanol–water partition coefficient (Wildman–Crippen LogP) is 3.05. The number of benzene rings is 1. The lowest BCUT2D eigenvalue weighted by atomic mass is 9.94. The third kappa shape index (κ3) is 3.83. The average Bonchev–Trinajstić information content (AvgIpc) is 2.53. The van der Waals surface area contributed by atoms with Crippen LogP contribution >= 0.6 is 11.6 Å². The van der Waals surface area contributed by atoms with E-state index in [0.29, 0.717) is 29.6 Å². The van der Waals surface area contributed by atoms with Gasteiger partial charge in [0, 0.05) is 43.7 Å². The maximum Gasteiger partial charge on any atom is 0.228 e. The molecule has 2 rings (SSSR count). The van der Waals surface area contributed by atoms with E-state index >= 15 is 0 Å². The number of carbonyl (C=O) groups excluding carboxylic acids is 1. The van der Waals surface area contributed by atoms with Gasteiger partial charge in [-0.05, 0) is 0 Å². The van der Waals surface area contributed by atoms with Crippen LogP contribution in [0.4, 0.5) is 5.69 Å². The molecule has 1 aliphatic heterocycles. The smallest absolute Gasteiger partial charge is 0.228 e. The van der Waals surface area contributed by atoms with Crippen molar-refractivity contribution in [2.75, 3.05) is 45.3 Å². The van der Waals surface area contributed by atoms with Gasteiger partial charge in [0.1, 0.15) is 11.5 Å². The second kappa shape index (κ2) is 6.87. The van der Waals surface area contributed by atoms with Gasteiger partial charge in [-0.2, -0.15) is 0 Å². The van der Waals surface area contributed by atoms with Crippen LogP contribution in [0.15, 0.2) is 12.1 Å². The third-order valence-electron chi connectivity index (χ3n) is 4.00. The van der Waals surface area contributed by atoms with Crippen molar-refractivity contribution in [2.24, 2.45) is 5.41 Å². The molecule has 1 heterocycles. The molecule has 0 unspecified atom stereocenters. The molecule has 128 valence electrons. The van der Waals surface area contributed by atoms with Crippen molar-refractivity contribution in [2.45, 2.75) is 20.8 Å². The average molecular weight is 341 g/mol. The number of piperazine rings is 1. The maximum atomic E-state index is 12.4. The molecule has 1 amide bonds. The Morgan fingerprint density at radius 3 is 2.09 bits per heavy atom. The summed E-state index contributed by atoms with van der Waals surface area (Å²) in [5.41, 5.74) is 0.597. The number of ether oxygens (including phenoxy) is 2. The lowest BCUT2D eigenvalue weighted by molar-refractivity contribution is -0.139. The van der Waals surface area contributed by atoms with E-state index in [2.05, 4.69) is 4.90 Å². The number of hydrogen-bond donors (Lipinski definition) is 0. The number of hydrogen-bond acceptors (Lipinski definition) is 4. The molecule has 0 aliphatic carbocycles. The van der Waals surface area contributed by atoms with Gasteiger partial charge >= 0.3 is 0 Å². The van der Waals surface area contributed by atoms with Crippen molar-refractivity contribution in [1.82, 2.24) is 4.90 Å². The van der Waals surface area contributed by atoms with Crippen LogP contribution in [0.25, 0.3) is 0 Å². The molecule has 1 aromatic carbocycles. The van der Waals surface area contributed by atoms with Gasteiger partial charge in [-0.25, -0.2) is 0 Å². The summed E-state index contributed by atoms with van der Waals surface area (Å²) in [5, 5.41) is 0.523. The van der Waals surface area contributed by atoms with Gasteiger partial charge in [-0.1, -0.05) is 32.4 Å². The minimum Gasteiger partial charge on any atom is -0.495 e. The molecular formula is C17H25ClN2O3. The van der Waals surface area contributed by atoms with E-state index in [1.807, 2.05) is 31.7 Å². The molecule has 0 radical (unpaired) electrons. The summed E-state index contributed by atoms with van der Waals surface area (Å²) >= 11 is 6.16. The summed E-state index contributed by atoms with van der Waals surface area (Å²) in [4.78, 5) is 16.5. The molecular weight excluding hydrogens is 316 g/mol. The Hall–Kier alpha value is -1.62. The Balaban J connectivity index is 2.15. The van der Waals surface area contributed by atoms with Crippen molar-refractivity contribution in [3.05, 3.63) is 17.2 Å². The first-order valence-corrected chi connectivity index (χ1v) is 8.11. The van der Waals surface area contributed by atoms with E-state index in [0.717, 1.165) is 18.8 Å². The Kier molecular flexibility index (Phi) is 5.30. The van der Waals surface area contributed by atoms with Gasteiger partial charge in [0.25, 0.3) is 0 Å². The van der Waals surface area contributed by atoms with Crippen LogP contribution in [0.3, 0.4) is 0 Å². The van der Waals surface area contributed by atoms with Crippen molar-refractivity contribution in [3.63, 3.8) is 0 Å². The highest BCUT2D eigenvalue weighted by atomic mass is 35.5. The number of amides is 1. The highest BCUT2D eigenvalue weighted by molar-refractivity contribution is 6.32. The van der Waals surface area contributed by atoms with E-state index in [4.69, 9.17) is 21.1 Å². The van der Waals surface area contributed by atoms with Crippen LogP contribution < -0.4 is 14.4 Å². The molecule has 0 bridgehead atoms. The van der Waals surface area contributed by atoms with Gasteiger partial charge < -0.3 is 19.3 Å². The molecule has 0 spiro atoms. The molecule has 1 fully saturated rings. The minimum absolute atomic E-state index is 0.192. The number of halogens is 1. The molecule has 6 heteroatoms. The molecule has 23 heavy (non-hydrogen) atoms. The molecule has 5 nitrogen and oxygen atoms in total. The van der Waals surface area contributed by atoms with Gasteiger partial charge in [0.15, 0.2) is 0 Å². The minimum atomic E-state index is -0.344. The summed E-state index contributed by atoms with van der Waals surface area (Å²) in [7, 11) is 3.22. The zero-order valence-corrected chi connectivity index (χ0v) is 15.2. The van der Waals surface area contributed by atoms with Gasteiger partial charge in [0.05, 0.1) is 24.9 Å². The summed E-state index contributed by atoms with van der Waals surface area (Å²) in [6.45, 7) is 8.76. The number of anilines is 1. The highest BCUT2D eigenvalue weighted by Crippen LogP contribution is 2.38. The fraction of sp³-hybridized carbons (Fsp3) is 0.588. The largest absolute Gasteiger partial charge is 0.495 e. The summed E-state index contributed by atoms with van der Waals surface area (Å²) in [6.07, 6.45) is 0. The van der Waals surface area contributed by atoms with Crippen LogP contribution in [0, 0.1) is 5.41 Å². The van der Waals surface area contributed by atoms with Gasteiger partial charge in [-0.3, -0.25) is 4.79 Å². The SMILES string of the molecule is COc1cc(N2CCN(C(=O)C(C)(C)C)CC2)c(OC)cc1Cl. The van der Waals surface area contributed by atoms with Crippen molar-refractivity contribution >= 4 is 23.2 Å². The van der Waals surface area contributed by atoms with E-state index in [1.165, 1.54) is 0 Å². The second-order valence-electron chi connectivity index (χ2n) is 6.69. The maximum absolute atomic E-state index is 12.4. The standard InChI is InChI=1S/C17H25ClN2O3/c1-17(2,3)16(21)20-8-6-19(7-9-20)13-11-14(22-4)12(18)10-15(13)23-5/h10-11H,6-9H2,1-5H3. The second-order valence-corrected chi connectivity index (χ2v) is 7.10. The van der Waals surface area contributed by atoms with Crippen molar-refractivity contribution in [1.29, 1.82) is 0 Å². The Bertz CT molecular complexity index is 576. The van der Waals surface area contributed by atoms with Crippen LogP contribution in [0.5, 0.6) is 11.5 Å². The first-order valence-electron chi connectivity index (χ1n) is 7.73. The first kappa shape index (κ1) is 17.7. The molecule has 1 saturated heterocycles. The number of nitrogens with zero attached hydrogens (tertiary/aromatic N) is 2. The van der Waals surface area contributed by atoms with Crippen molar-refractivity contribution in [3.8, 4) is 11.5 Å². The first-order chi connectivity index (χ1) is 10.8. The normalized spacial score (nSPS) is 15.6. The molecule has 1 aromatic rings.